The highest BCUT2D eigenvalue weighted by atomic mass is 16.1. The molecular weight excluding hydrogens is 338 g/mol. The molecule has 0 unspecified atom stereocenters. The molecule has 0 aliphatic carbocycles. The molecular formula is C21H21N5O. The minimum atomic E-state index is -0.428. The standard InChI is InChI=1S/C21H21N5O/c1-3-14-6-5-7-15(4-2)20(14)25-21(27)17(11-22)12-23-18-9-8-16-13-24-26-19(16)10-18/h5-10,12-13,23H,3-4H2,1-2H3,(H,24,26)(H,25,27)/b17-12-. The van der Waals surface area contributed by atoms with E-state index in [0.717, 1.165) is 46.2 Å². The van der Waals surface area contributed by atoms with Gasteiger partial charge in [0.2, 0.25) is 0 Å². The number of aromatic amines is 1. The number of nitriles is 1. The number of amides is 1. The lowest BCUT2D eigenvalue weighted by Crippen LogP contribution is -2.17. The number of nitrogens with one attached hydrogen (secondary N) is 3. The van der Waals surface area contributed by atoms with E-state index >= 15 is 0 Å². The Kier molecular flexibility index (Phi) is 5.53. The van der Waals surface area contributed by atoms with Crippen LogP contribution in [0.2, 0.25) is 0 Å². The molecule has 1 aromatic heterocycles. The van der Waals surface area contributed by atoms with Crippen LogP contribution in [-0.2, 0) is 17.6 Å². The Morgan fingerprint density at radius 1 is 1.22 bits per heavy atom. The number of para-hydroxylation sites is 1. The minimum Gasteiger partial charge on any atom is -0.360 e. The van der Waals surface area contributed by atoms with Crippen LogP contribution in [0.4, 0.5) is 11.4 Å². The third-order valence-electron chi connectivity index (χ3n) is 4.43. The quantitative estimate of drug-likeness (QED) is 0.455. The highest BCUT2D eigenvalue weighted by Crippen LogP contribution is 2.23. The summed E-state index contributed by atoms with van der Waals surface area (Å²) in [4.78, 5) is 12.6. The van der Waals surface area contributed by atoms with Crippen molar-refractivity contribution >= 4 is 28.2 Å². The van der Waals surface area contributed by atoms with Crippen LogP contribution in [0, 0.1) is 11.3 Å². The molecule has 1 heterocycles. The molecule has 2 aromatic carbocycles. The molecule has 3 rings (SSSR count). The van der Waals surface area contributed by atoms with Crippen molar-refractivity contribution in [3.8, 4) is 6.07 Å². The van der Waals surface area contributed by atoms with E-state index in [9.17, 15) is 10.1 Å². The molecule has 0 spiro atoms. The molecule has 0 aliphatic rings. The maximum atomic E-state index is 12.6. The molecule has 0 fully saturated rings. The van der Waals surface area contributed by atoms with Gasteiger partial charge >= 0.3 is 0 Å². The van der Waals surface area contributed by atoms with Gasteiger partial charge in [-0.1, -0.05) is 32.0 Å². The minimum absolute atomic E-state index is 0.00710. The zero-order chi connectivity index (χ0) is 19.2. The lowest BCUT2D eigenvalue weighted by Gasteiger charge is -2.14. The maximum Gasteiger partial charge on any atom is 0.267 e. The van der Waals surface area contributed by atoms with Gasteiger partial charge in [-0.05, 0) is 42.2 Å². The summed E-state index contributed by atoms with van der Waals surface area (Å²) >= 11 is 0. The molecule has 6 heteroatoms. The van der Waals surface area contributed by atoms with Crippen molar-refractivity contribution in [1.82, 2.24) is 10.2 Å². The molecule has 0 saturated heterocycles. The summed E-state index contributed by atoms with van der Waals surface area (Å²) in [6.45, 7) is 4.08. The number of aromatic nitrogens is 2. The number of benzene rings is 2. The largest absolute Gasteiger partial charge is 0.360 e. The average molecular weight is 359 g/mol. The second-order valence-corrected chi connectivity index (χ2v) is 6.10. The van der Waals surface area contributed by atoms with Gasteiger partial charge in [0, 0.05) is 23.0 Å². The number of carbonyl (C=O) groups is 1. The Hall–Kier alpha value is -3.59. The van der Waals surface area contributed by atoms with Crippen LogP contribution in [0.1, 0.15) is 25.0 Å². The van der Waals surface area contributed by atoms with Crippen LogP contribution in [-0.4, -0.2) is 16.1 Å². The van der Waals surface area contributed by atoms with Crippen molar-refractivity contribution in [3.05, 3.63) is 65.5 Å². The maximum absolute atomic E-state index is 12.6. The normalized spacial score (nSPS) is 11.2. The third-order valence-corrected chi connectivity index (χ3v) is 4.43. The van der Waals surface area contributed by atoms with E-state index in [2.05, 4.69) is 20.8 Å². The fourth-order valence-corrected chi connectivity index (χ4v) is 2.91. The van der Waals surface area contributed by atoms with Crippen molar-refractivity contribution in [2.24, 2.45) is 0 Å². The van der Waals surface area contributed by atoms with Gasteiger partial charge in [0.1, 0.15) is 11.6 Å². The smallest absolute Gasteiger partial charge is 0.267 e. The summed E-state index contributed by atoms with van der Waals surface area (Å²) in [7, 11) is 0. The van der Waals surface area contributed by atoms with Gasteiger partial charge in [0.15, 0.2) is 0 Å². The molecule has 3 N–H and O–H groups in total. The van der Waals surface area contributed by atoms with E-state index in [1.807, 2.05) is 56.3 Å². The first kappa shape index (κ1) is 18.2. The molecule has 1 amide bonds. The summed E-state index contributed by atoms with van der Waals surface area (Å²) in [5.74, 6) is -0.428. The number of anilines is 2. The van der Waals surface area contributed by atoms with E-state index < -0.39 is 5.91 Å². The first-order valence-corrected chi connectivity index (χ1v) is 8.88. The predicted octanol–water partition coefficient (Wildman–Crippen LogP) is 4.15. The Morgan fingerprint density at radius 2 is 1.96 bits per heavy atom. The number of carbonyl (C=O) groups excluding carboxylic acids is 1. The Morgan fingerprint density at radius 3 is 2.63 bits per heavy atom. The van der Waals surface area contributed by atoms with Gasteiger partial charge in [-0.3, -0.25) is 9.89 Å². The lowest BCUT2D eigenvalue weighted by molar-refractivity contribution is -0.112. The monoisotopic (exact) mass is 359 g/mol. The topological polar surface area (TPSA) is 93.6 Å². The average Bonchev–Trinajstić information content (AvgIpc) is 3.16. The molecule has 136 valence electrons. The van der Waals surface area contributed by atoms with Crippen LogP contribution in [0.5, 0.6) is 0 Å². The van der Waals surface area contributed by atoms with Crippen molar-refractivity contribution in [2.75, 3.05) is 10.6 Å². The first-order chi connectivity index (χ1) is 13.2. The Balaban J connectivity index is 1.80. The van der Waals surface area contributed by atoms with Crippen molar-refractivity contribution in [2.45, 2.75) is 26.7 Å². The lowest BCUT2D eigenvalue weighted by atomic mass is 10.0. The number of rotatable bonds is 6. The second-order valence-electron chi connectivity index (χ2n) is 6.10. The molecule has 27 heavy (non-hydrogen) atoms. The highest BCUT2D eigenvalue weighted by Gasteiger charge is 2.14. The van der Waals surface area contributed by atoms with E-state index in [0.29, 0.717) is 0 Å². The molecule has 0 saturated carbocycles. The summed E-state index contributed by atoms with van der Waals surface area (Å²) in [5.41, 5.74) is 4.55. The van der Waals surface area contributed by atoms with Gasteiger partial charge in [-0.15, -0.1) is 0 Å². The van der Waals surface area contributed by atoms with Gasteiger partial charge in [-0.2, -0.15) is 10.4 Å². The molecule has 6 nitrogen and oxygen atoms in total. The van der Waals surface area contributed by atoms with Gasteiger partial charge in [0.05, 0.1) is 11.7 Å². The van der Waals surface area contributed by atoms with E-state index in [-0.39, 0.29) is 5.57 Å². The third kappa shape index (κ3) is 3.98. The summed E-state index contributed by atoms with van der Waals surface area (Å²) in [5, 5.41) is 23.2. The zero-order valence-electron chi connectivity index (χ0n) is 15.3. The highest BCUT2D eigenvalue weighted by molar-refractivity contribution is 6.07. The van der Waals surface area contributed by atoms with Crippen LogP contribution in [0.15, 0.2) is 54.4 Å². The van der Waals surface area contributed by atoms with E-state index in [1.165, 1.54) is 6.20 Å². The number of fused-ring (bicyclic) bond motifs is 1. The predicted molar refractivity (Wildman–Crippen MR) is 107 cm³/mol. The Bertz CT molecular complexity index is 1020. The number of hydrogen-bond donors (Lipinski definition) is 3. The van der Waals surface area contributed by atoms with Gasteiger partial charge in [0.25, 0.3) is 5.91 Å². The molecule has 0 aliphatic heterocycles. The molecule has 3 aromatic rings. The number of hydrogen-bond acceptors (Lipinski definition) is 4. The summed E-state index contributed by atoms with van der Waals surface area (Å²) < 4.78 is 0. The van der Waals surface area contributed by atoms with Crippen LogP contribution < -0.4 is 10.6 Å². The van der Waals surface area contributed by atoms with E-state index in [4.69, 9.17) is 0 Å². The Labute approximate surface area is 157 Å². The van der Waals surface area contributed by atoms with Crippen molar-refractivity contribution in [1.29, 1.82) is 5.26 Å². The number of aryl methyl sites for hydroxylation is 2. The fourth-order valence-electron chi connectivity index (χ4n) is 2.91. The van der Waals surface area contributed by atoms with Gasteiger partial charge in [-0.25, -0.2) is 0 Å². The van der Waals surface area contributed by atoms with Crippen LogP contribution in [0.25, 0.3) is 10.9 Å². The van der Waals surface area contributed by atoms with Crippen LogP contribution >= 0.6 is 0 Å². The fraction of sp³-hybridized carbons (Fsp3) is 0.190. The number of H-pyrrole nitrogens is 1. The molecule has 0 radical (unpaired) electrons. The van der Waals surface area contributed by atoms with E-state index in [1.54, 1.807) is 6.20 Å². The summed E-state index contributed by atoms with van der Waals surface area (Å²) in [6.07, 6.45) is 4.77. The SMILES string of the molecule is CCc1cccc(CC)c1NC(=O)/C(C#N)=C\Nc1ccc2cn[nH]c2c1. The second kappa shape index (κ2) is 8.19. The zero-order valence-corrected chi connectivity index (χ0v) is 15.3. The first-order valence-electron chi connectivity index (χ1n) is 8.88. The molecule has 0 bridgehead atoms. The van der Waals surface area contributed by atoms with Crippen LogP contribution in [0.3, 0.4) is 0 Å². The van der Waals surface area contributed by atoms with Crippen molar-refractivity contribution in [3.63, 3.8) is 0 Å². The van der Waals surface area contributed by atoms with Crippen molar-refractivity contribution < 1.29 is 4.79 Å². The molecule has 0 atom stereocenters. The number of nitrogens with zero attached hydrogens (tertiary/aromatic N) is 2. The summed E-state index contributed by atoms with van der Waals surface area (Å²) in [6, 6.07) is 13.6. The van der Waals surface area contributed by atoms with Gasteiger partial charge < -0.3 is 10.6 Å².